The number of rotatable bonds is 7. The minimum Gasteiger partial charge on any atom is -0.379 e. The Balaban J connectivity index is 1.21. The maximum absolute atomic E-state index is 15.1. The molecule has 3 aromatic heterocycles. The first-order valence-electron chi connectivity index (χ1n) is 13.2. The van der Waals surface area contributed by atoms with Crippen LogP contribution >= 0.6 is 0 Å². The van der Waals surface area contributed by atoms with Crippen molar-refractivity contribution < 1.29 is 18.3 Å². The van der Waals surface area contributed by atoms with Crippen LogP contribution < -0.4 is 5.32 Å². The first-order chi connectivity index (χ1) is 19.4. The van der Waals surface area contributed by atoms with Gasteiger partial charge in [-0.3, -0.25) is 19.6 Å². The van der Waals surface area contributed by atoms with E-state index < -0.39 is 11.6 Å². The van der Waals surface area contributed by atoms with E-state index in [-0.39, 0.29) is 18.0 Å². The molecule has 12 heteroatoms. The fourth-order valence-corrected chi connectivity index (χ4v) is 4.99. The lowest BCUT2D eigenvalue weighted by Gasteiger charge is -2.31. The van der Waals surface area contributed by atoms with Gasteiger partial charge in [-0.1, -0.05) is 0 Å². The minimum absolute atomic E-state index is 0.0496. The number of pyridine rings is 1. The Morgan fingerprint density at radius 3 is 2.55 bits per heavy atom. The van der Waals surface area contributed by atoms with Gasteiger partial charge in [0.05, 0.1) is 31.1 Å². The topological polar surface area (TPSA) is 91.7 Å². The summed E-state index contributed by atoms with van der Waals surface area (Å²) in [5, 5.41) is 3.94. The van der Waals surface area contributed by atoms with Gasteiger partial charge in [-0.15, -0.1) is 0 Å². The van der Waals surface area contributed by atoms with Gasteiger partial charge in [-0.05, 0) is 30.3 Å². The third kappa shape index (κ3) is 5.64. The number of carbonyl (C=O) groups excluding carboxylic acids is 1. The van der Waals surface area contributed by atoms with Crippen molar-refractivity contribution in [1.82, 2.24) is 34.2 Å². The van der Waals surface area contributed by atoms with E-state index in [0.717, 1.165) is 23.3 Å². The first kappa shape index (κ1) is 26.2. The summed E-state index contributed by atoms with van der Waals surface area (Å²) in [6, 6.07) is 8.19. The van der Waals surface area contributed by atoms with Crippen molar-refractivity contribution in [1.29, 1.82) is 0 Å². The number of hydrogen-bond acceptors (Lipinski definition) is 8. The molecule has 0 spiro atoms. The van der Waals surface area contributed by atoms with Crippen molar-refractivity contribution >= 4 is 28.6 Å². The molecular formula is C28H30F2N8O2. The molecule has 1 N–H and O–H groups in total. The zero-order valence-electron chi connectivity index (χ0n) is 22.2. The number of ether oxygens (including phenoxy) is 1. The van der Waals surface area contributed by atoms with Crippen molar-refractivity contribution in [3.8, 4) is 5.69 Å². The molecule has 1 amide bonds. The van der Waals surface area contributed by atoms with Crippen LogP contribution in [0.25, 0.3) is 16.7 Å². The molecule has 208 valence electrons. The molecule has 0 aliphatic carbocycles. The second-order valence-electron chi connectivity index (χ2n) is 10.1. The Morgan fingerprint density at radius 1 is 0.975 bits per heavy atom. The second kappa shape index (κ2) is 11.2. The molecule has 0 unspecified atom stereocenters. The zero-order chi connectivity index (χ0) is 27.6. The number of anilines is 2. The van der Waals surface area contributed by atoms with Gasteiger partial charge >= 0.3 is 0 Å². The van der Waals surface area contributed by atoms with E-state index in [1.54, 1.807) is 34.1 Å². The highest BCUT2D eigenvalue weighted by molar-refractivity contribution is 5.79. The third-order valence-corrected chi connectivity index (χ3v) is 7.31. The van der Waals surface area contributed by atoms with Crippen LogP contribution in [0.15, 0.2) is 48.9 Å². The van der Waals surface area contributed by atoms with Crippen LogP contribution in [0.2, 0.25) is 0 Å². The van der Waals surface area contributed by atoms with Gasteiger partial charge in [0.1, 0.15) is 17.3 Å². The Bertz CT molecular complexity index is 1520. The number of piperazine rings is 1. The molecule has 5 heterocycles. The number of fused-ring (bicyclic) bond motifs is 1. The molecule has 10 nitrogen and oxygen atoms in total. The van der Waals surface area contributed by atoms with Crippen molar-refractivity contribution in [2.45, 2.75) is 13.1 Å². The zero-order valence-corrected chi connectivity index (χ0v) is 22.2. The van der Waals surface area contributed by atoms with Crippen LogP contribution in [0.1, 0.15) is 11.3 Å². The van der Waals surface area contributed by atoms with Crippen LogP contribution in [-0.2, 0) is 22.6 Å². The lowest BCUT2D eigenvalue weighted by molar-refractivity contribution is -0.134. The van der Waals surface area contributed by atoms with E-state index in [1.165, 1.54) is 12.1 Å². The number of nitrogens with one attached hydrogen (secondary N) is 1. The molecule has 2 fully saturated rings. The highest BCUT2D eigenvalue weighted by Gasteiger charge is 2.22. The van der Waals surface area contributed by atoms with E-state index in [1.807, 2.05) is 24.1 Å². The summed E-state index contributed by atoms with van der Waals surface area (Å²) in [7, 11) is 1.81. The summed E-state index contributed by atoms with van der Waals surface area (Å²) in [5.74, 6) is -0.759. The van der Waals surface area contributed by atoms with Gasteiger partial charge in [0, 0.05) is 81.5 Å². The molecule has 2 aliphatic rings. The van der Waals surface area contributed by atoms with Gasteiger partial charge in [0.2, 0.25) is 11.9 Å². The third-order valence-electron chi connectivity index (χ3n) is 7.31. The lowest BCUT2D eigenvalue weighted by atomic mass is 10.1. The summed E-state index contributed by atoms with van der Waals surface area (Å²) in [4.78, 5) is 31.3. The minimum atomic E-state index is -0.595. The summed E-state index contributed by atoms with van der Waals surface area (Å²) in [6.45, 7) is 4.99. The average Bonchev–Trinajstić information content (AvgIpc) is 3.37. The maximum atomic E-state index is 15.1. The first-order valence-corrected chi connectivity index (χ1v) is 13.2. The fraction of sp³-hybridized carbons (Fsp3) is 0.357. The van der Waals surface area contributed by atoms with Gasteiger partial charge in [0.15, 0.2) is 0 Å². The van der Waals surface area contributed by atoms with Gasteiger partial charge in [-0.2, -0.15) is 4.98 Å². The number of nitrogens with zero attached hydrogens (tertiary/aromatic N) is 7. The molecular weight excluding hydrogens is 518 g/mol. The molecule has 4 aromatic rings. The number of aromatic nitrogens is 4. The van der Waals surface area contributed by atoms with Crippen LogP contribution in [-0.4, -0.2) is 93.1 Å². The second-order valence-corrected chi connectivity index (χ2v) is 10.1. The number of likely N-dealkylation sites (N-methyl/N-ethyl adjacent to an activating group) is 1. The van der Waals surface area contributed by atoms with Crippen LogP contribution in [0, 0.1) is 11.6 Å². The molecule has 6 rings (SSSR count). The number of halogens is 2. The number of morpholine rings is 1. The monoisotopic (exact) mass is 548 g/mol. The molecule has 2 saturated heterocycles. The van der Waals surface area contributed by atoms with Gasteiger partial charge in [-0.25, -0.2) is 13.8 Å². The Labute approximate surface area is 230 Å². The molecule has 0 atom stereocenters. The van der Waals surface area contributed by atoms with E-state index in [2.05, 4.69) is 25.2 Å². The predicted octanol–water partition coefficient (Wildman–Crippen LogP) is 2.94. The van der Waals surface area contributed by atoms with Crippen molar-refractivity contribution in [2.24, 2.45) is 0 Å². The van der Waals surface area contributed by atoms with Crippen LogP contribution in [0.4, 0.5) is 20.4 Å². The molecule has 1 aromatic carbocycles. The molecule has 0 radical (unpaired) electrons. The van der Waals surface area contributed by atoms with Crippen LogP contribution in [0.3, 0.4) is 0 Å². The smallest absolute Gasteiger partial charge is 0.236 e. The lowest BCUT2D eigenvalue weighted by Crippen LogP contribution is -2.48. The Morgan fingerprint density at radius 2 is 1.77 bits per heavy atom. The number of amides is 1. The summed E-state index contributed by atoms with van der Waals surface area (Å²) >= 11 is 0. The quantitative estimate of drug-likeness (QED) is 0.377. The van der Waals surface area contributed by atoms with Crippen molar-refractivity contribution in [2.75, 3.05) is 58.3 Å². The molecule has 40 heavy (non-hydrogen) atoms. The van der Waals surface area contributed by atoms with Crippen molar-refractivity contribution in [3.05, 3.63) is 71.8 Å². The Hall–Kier alpha value is -4.00. The maximum Gasteiger partial charge on any atom is 0.236 e. The van der Waals surface area contributed by atoms with E-state index >= 15 is 8.78 Å². The molecule has 0 bridgehead atoms. The largest absolute Gasteiger partial charge is 0.379 e. The number of benzene rings is 1. The number of hydrogen-bond donors (Lipinski definition) is 1. The summed E-state index contributed by atoms with van der Waals surface area (Å²) < 4.78 is 37.1. The average molecular weight is 549 g/mol. The molecule has 0 saturated carbocycles. The van der Waals surface area contributed by atoms with Crippen molar-refractivity contribution in [3.63, 3.8) is 0 Å². The summed E-state index contributed by atoms with van der Waals surface area (Å²) in [5.41, 5.74) is 2.46. The van der Waals surface area contributed by atoms with E-state index in [9.17, 15) is 4.79 Å². The van der Waals surface area contributed by atoms with Gasteiger partial charge in [0.25, 0.3) is 0 Å². The standard InChI is InChI=1S/C28H30F2N8O2/c1-35-6-7-37(18-26(35)39)16-21-12-20(2-4-31-21)33-28-32-15-19-3-5-38(27(19)34-28)22-13-24(29)23(25(30)14-22)17-36-8-10-40-11-9-36/h2-5,12-15H,6-11,16-18H2,1H3,(H,31,32,33,34). The molecule has 2 aliphatic heterocycles. The number of carbonyl (C=O) groups is 1. The highest BCUT2D eigenvalue weighted by atomic mass is 19.1. The fourth-order valence-electron chi connectivity index (χ4n) is 4.99. The van der Waals surface area contributed by atoms with Crippen LogP contribution in [0.5, 0.6) is 0 Å². The van der Waals surface area contributed by atoms with Gasteiger partial charge < -0.3 is 19.5 Å². The van der Waals surface area contributed by atoms with E-state index in [4.69, 9.17) is 4.74 Å². The SMILES string of the molecule is CN1CCN(Cc2cc(Nc3ncc4ccn(-c5cc(F)c(CN6CCOCC6)c(F)c5)c4n3)ccn2)CC1=O. The van der Waals surface area contributed by atoms with E-state index in [0.29, 0.717) is 63.2 Å². The summed E-state index contributed by atoms with van der Waals surface area (Å²) in [6.07, 6.45) is 5.08. The normalized spacial score (nSPS) is 17.1. The predicted molar refractivity (Wildman–Crippen MR) is 145 cm³/mol. The highest BCUT2D eigenvalue weighted by Crippen LogP contribution is 2.25. The Kier molecular flexibility index (Phi) is 7.37.